The van der Waals surface area contributed by atoms with Crippen molar-refractivity contribution in [3.63, 3.8) is 0 Å². The number of ether oxygens (including phenoxy) is 1. The molecule has 23 heavy (non-hydrogen) atoms. The lowest BCUT2D eigenvalue weighted by molar-refractivity contribution is 0.101. The summed E-state index contributed by atoms with van der Waals surface area (Å²) in [5.74, 6) is 0.685. The van der Waals surface area contributed by atoms with E-state index in [1.807, 2.05) is 0 Å². The maximum atomic E-state index is 12.5. The number of furan rings is 1. The Morgan fingerprint density at radius 1 is 1.39 bits per heavy atom. The van der Waals surface area contributed by atoms with Crippen LogP contribution in [0.2, 0.25) is 0 Å². The third kappa shape index (κ3) is 3.57. The molecule has 0 atom stereocenters. The van der Waals surface area contributed by atoms with Crippen molar-refractivity contribution in [3.05, 3.63) is 41.2 Å². The molecule has 2 N–H and O–H groups in total. The number of benzene rings is 1. The largest absolute Gasteiger partial charge is 0.497 e. The molecule has 2 aromatic rings. The van der Waals surface area contributed by atoms with E-state index in [0.29, 0.717) is 23.5 Å². The molecular formula is C16H17N3O4. The highest BCUT2D eigenvalue weighted by atomic mass is 16.5. The molecule has 0 saturated heterocycles. The average Bonchev–Trinajstić information content (AvgIpc) is 2.88. The van der Waals surface area contributed by atoms with Gasteiger partial charge in [-0.2, -0.15) is 0 Å². The van der Waals surface area contributed by atoms with Gasteiger partial charge in [0, 0.05) is 18.8 Å². The molecule has 1 aromatic carbocycles. The topological polar surface area (TPSA) is 92.9 Å². The number of aryl methyl sites for hydroxylation is 1. The summed E-state index contributed by atoms with van der Waals surface area (Å²) < 4.78 is 10.5. The molecule has 1 heterocycles. The van der Waals surface area contributed by atoms with E-state index >= 15 is 0 Å². The second-order valence-electron chi connectivity index (χ2n) is 4.61. The first kappa shape index (κ1) is 16.3. The van der Waals surface area contributed by atoms with E-state index in [0.717, 1.165) is 0 Å². The van der Waals surface area contributed by atoms with E-state index in [9.17, 15) is 9.59 Å². The molecule has 0 radical (unpaired) electrons. The Hall–Kier alpha value is -3.09. The number of anilines is 2. The Morgan fingerprint density at radius 3 is 2.83 bits per heavy atom. The molecule has 0 unspecified atom stereocenters. The van der Waals surface area contributed by atoms with Crippen molar-refractivity contribution in [1.29, 1.82) is 0 Å². The highest BCUT2D eigenvalue weighted by Gasteiger charge is 2.23. The van der Waals surface area contributed by atoms with Crippen LogP contribution in [0.4, 0.5) is 11.6 Å². The maximum Gasteiger partial charge on any atom is 0.260 e. The molecule has 0 saturated carbocycles. The summed E-state index contributed by atoms with van der Waals surface area (Å²) in [6.45, 7) is 1.61. The summed E-state index contributed by atoms with van der Waals surface area (Å²) in [4.78, 5) is 27.6. The lowest BCUT2D eigenvalue weighted by atomic mass is 10.1. The minimum atomic E-state index is -0.442. The second-order valence-corrected chi connectivity index (χ2v) is 4.61. The number of methoxy groups -OCH3 is 1. The average molecular weight is 315 g/mol. The molecule has 0 aliphatic rings. The predicted octanol–water partition coefficient (Wildman–Crippen LogP) is 2.73. The van der Waals surface area contributed by atoms with Crippen molar-refractivity contribution < 1.29 is 18.7 Å². The van der Waals surface area contributed by atoms with Crippen LogP contribution in [0.5, 0.6) is 5.75 Å². The molecule has 120 valence electrons. The van der Waals surface area contributed by atoms with Gasteiger partial charge in [0.2, 0.25) is 5.88 Å². The first-order chi connectivity index (χ1) is 11.1. The molecule has 7 heteroatoms. The molecule has 0 aliphatic heterocycles. The fraction of sp³-hybridized carbons (Fsp3) is 0.188. The number of carbonyl (C=O) groups is 2. The van der Waals surface area contributed by atoms with E-state index in [2.05, 4.69) is 15.6 Å². The predicted molar refractivity (Wildman–Crippen MR) is 87.8 cm³/mol. The summed E-state index contributed by atoms with van der Waals surface area (Å²) in [6.07, 6.45) is 1.94. The van der Waals surface area contributed by atoms with Gasteiger partial charge in [0.25, 0.3) is 5.91 Å². The molecular weight excluding hydrogens is 298 g/mol. The number of carbonyl (C=O) groups excluding carboxylic acids is 2. The van der Waals surface area contributed by atoms with Gasteiger partial charge in [0.1, 0.15) is 11.5 Å². The first-order valence-electron chi connectivity index (χ1n) is 6.81. The van der Waals surface area contributed by atoms with E-state index in [1.54, 1.807) is 45.3 Å². The summed E-state index contributed by atoms with van der Waals surface area (Å²) >= 11 is 0. The number of amides is 1. The summed E-state index contributed by atoms with van der Waals surface area (Å²) in [6, 6.07) is 6.92. The third-order valence-corrected chi connectivity index (χ3v) is 3.12. The Bertz CT molecular complexity index is 750. The highest BCUT2D eigenvalue weighted by Crippen LogP contribution is 2.26. The van der Waals surface area contributed by atoms with Gasteiger partial charge in [0.15, 0.2) is 6.29 Å². The van der Waals surface area contributed by atoms with Crippen LogP contribution in [0.3, 0.4) is 0 Å². The Balaban J connectivity index is 2.31. The van der Waals surface area contributed by atoms with Crippen molar-refractivity contribution in [2.45, 2.75) is 6.92 Å². The second kappa shape index (κ2) is 7.26. The number of hydrogen-bond acceptors (Lipinski definition) is 5. The van der Waals surface area contributed by atoms with Crippen molar-refractivity contribution in [1.82, 2.24) is 0 Å². The van der Waals surface area contributed by atoms with Crippen LogP contribution in [0, 0.1) is 6.92 Å². The smallest absolute Gasteiger partial charge is 0.260 e. The fourth-order valence-electron chi connectivity index (χ4n) is 2.08. The van der Waals surface area contributed by atoms with Gasteiger partial charge in [-0.1, -0.05) is 6.07 Å². The van der Waals surface area contributed by atoms with Crippen LogP contribution < -0.4 is 15.4 Å². The van der Waals surface area contributed by atoms with Crippen LogP contribution in [0.25, 0.3) is 0 Å². The molecule has 0 fully saturated rings. The Morgan fingerprint density at radius 2 is 2.17 bits per heavy atom. The number of hydrogen-bond donors (Lipinski definition) is 2. The lowest BCUT2D eigenvalue weighted by Crippen LogP contribution is -2.14. The van der Waals surface area contributed by atoms with Crippen molar-refractivity contribution in [2.24, 2.45) is 4.99 Å². The molecule has 0 spiro atoms. The van der Waals surface area contributed by atoms with Gasteiger partial charge in [0.05, 0.1) is 24.6 Å². The fourth-order valence-corrected chi connectivity index (χ4v) is 2.08. The normalized spacial score (nSPS) is 10.6. The molecule has 1 aromatic heterocycles. The van der Waals surface area contributed by atoms with Crippen molar-refractivity contribution >= 4 is 30.1 Å². The summed E-state index contributed by atoms with van der Waals surface area (Å²) in [7, 11) is 3.11. The first-order valence-corrected chi connectivity index (χ1v) is 6.81. The minimum Gasteiger partial charge on any atom is -0.497 e. The zero-order valence-corrected chi connectivity index (χ0v) is 13.0. The SMILES string of the molecule is CN=CNc1oc(C)c(C(=O)Nc2cccc(OC)c2)c1C=O. The summed E-state index contributed by atoms with van der Waals surface area (Å²) in [5.41, 5.74) is 0.869. The van der Waals surface area contributed by atoms with Gasteiger partial charge in [-0.3, -0.25) is 14.6 Å². The zero-order valence-electron chi connectivity index (χ0n) is 13.0. The molecule has 7 nitrogen and oxygen atoms in total. The highest BCUT2D eigenvalue weighted by molar-refractivity contribution is 6.11. The van der Waals surface area contributed by atoms with Crippen LogP contribution in [-0.2, 0) is 0 Å². The van der Waals surface area contributed by atoms with Crippen molar-refractivity contribution in [3.8, 4) is 5.75 Å². The van der Waals surface area contributed by atoms with E-state index in [1.165, 1.54) is 6.34 Å². The minimum absolute atomic E-state index is 0.141. The number of nitrogens with one attached hydrogen (secondary N) is 2. The van der Waals surface area contributed by atoms with E-state index < -0.39 is 5.91 Å². The van der Waals surface area contributed by atoms with Crippen LogP contribution in [0.1, 0.15) is 26.5 Å². The zero-order chi connectivity index (χ0) is 16.8. The number of aliphatic imine (C=N–C) groups is 1. The number of nitrogens with zero attached hydrogens (tertiary/aromatic N) is 1. The Kier molecular flexibility index (Phi) is 5.14. The van der Waals surface area contributed by atoms with Crippen LogP contribution >= 0.6 is 0 Å². The lowest BCUT2D eigenvalue weighted by Gasteiger charge is -2.06. The van der Waals surface area contributed by atoms with Gasteiger partial charge in [-0.25, -0.2) is 0 Å². The van der Waals surface area contributed by atoms with E-state index in [4.69, 9.17) is 9.15 Å². The number of aldehydes is 1. The van der Waals surface area contributed by atoms with Gasteiger partial charge >= 0.3 is 0 Å². The number of rotatable bonds is 6. The molecule has 2 rings (SSSR count). The van der Waals surface area contributed by atoms with Crippen LogP contribution in [0.15, 0.2) is 33.7 Å². The summed E-state index contributed by atoms with van der Waals surface area (Å²) in [5, 5.41) is 5.44. The van der Waals surface area contributed by atoms with E-state index in [-0.39, 0.29) is 17.0 Å². The quantitative estimate of drug-likeness (QED) is 0.486. The van der Waals surface area contributed by atoms with Gasteiger partial charge in [-0.15, -0.1) is 0 Å². The van der Waals surface area contributed by atoms with Crippen molar-refractivity contribution in [2.75, 3.05) is 24.8 Å². The molecule has 1 amide bonds. The molecule has 0 aliphatic carbocycles. The van der Waals surface area contributed by atoms with Crippen LogP contribution in [-0.4, -0.2) is 32.7 Å². The van der Waals surface area contributed by atoms with Gasteiger partial charge in [-0.05, 0) is 19.1 Å². The molecule has 0 bridgehead atoms. The van der Waals surface area contributed by atoms with Gasteiger partial charge < -0.3 is 19.8 Å². The standard InChI is InChI=1S/C16H17N3O4/c1-10-14(13(8-20)16(23-10)18-9-17-2)15(21)19-11-5-4-6-12(7-11)22-3/h4-9H,1-3H3,(H,17,18)(H,19,21). The monoisotopic (exact) mass is 315 g/mol. The third-order valence-electron chi connectivity index (χ3n) is 3.12. The Labute approximate surface area is 133 Å². The maximum absolute atomic E-state index is 12.5.